The van der Waals surface area contributed by atoms with Crippen molar-refractivity contribution in [1.29, 1.82) is 0 Å². The van der Waals surface area contributed by atoms with Gasteiger partial charge >= 0.3 is 5.97 Å². The second-order valence-electron chi connectivity index (χ2n) is 8.15. The first-order valence-corrected chi connectivity index (χ1v) is 13.3. The van der Waals surface area contributed by atoms with Crippen molar-refractivity contribution in [3.63, 3.8) is 0 Å². The number of carbonyl (C=O) groups is 2. The zero-order chi connectivity index (χ0) is 24.8. The van der Waals surface area contributed by atoms with E-state index in [9.17, 15) is 14.7 Å². The van der Waals surface area contributed by atoms with E-state index in [-0.39, 0.29) is 31.4 Å². The van der Waals surface area contributed by atoms with E-state index in [1.807, 2.05) is 24.4 Å². The zero-order valence-electron chi connectivity index (χ0n) is 19.8. The summed E-state index contributed by atoms with van der Waals surface area (Å²) in [5, 5.41) is 17.0. The van der Waals surface area contributed by atoms with Gasteiger partial charge in [0.25, 0.3) is 5.91 Å². The molecule has 1 N–H and O–H groups in total. The highest BCUT2D eigenvalue weighted by Gasteiger charge is 2.32. The lowest BCUT2D eigenvalue weighted by molar-refractivity contribution is -0.123. The Labute approximate surface area is 212 Å². The van der Waals surface area contributed by atoms with Crippen molar-refractivity contribution < 1.29 is 24.3 Å². The number of phenols is 1. The van der Waals surface area contributed by atoms with Crippen LogP contribution in [0.1, 0.15) is 57.9 Å². The Morgan fingerprint density at radius 1 is 1.14 bits per heavy atom. The Morgan fingerprint density at radius 2 is 1.94 bits per heavy atom. The predicted molar refractivity (Wildman–Crippen MR) is 139 cm³/mol. The maximum Gasteiger partial charge on any atom is 0.341 e. The molecule has 1 amide bonds. The van der Waals surface area contributed by atoms with Crippen LogP contribution in [0.2, 0.25) is 0 Å². The number of carbonyl (C=O) groups excluding carboxylic acids is 2. The van der Waals surface area contributed by atoms with Gasteiger partial charge in [0.15, 0.2) is 6.61 Å². The largest absolute Gasteiger partial charge is 0.508 e. The number of aromatic hydroxyl groups is 1. The zero-order valence-corrected chi connectivity index (χ0v) is 21.4. The molecule has 9 heteroatoms. The second-order valence-corrected chi connectivity index (χ2v) is 10.2. The van der Waals surface area contributed by atoms with Crippen molar-refractivity contribution in [1.82, 2.24) is 0 Å². The van der Waals surface area contributed by atoms with Gasteiger partial charge in [-0.3, -0.25) is 9.69 Å². The number of fused-ring (bicyclic) bond motifs is 1. The van der Waals surface area contributed by atoms with Gasteiger partial charge in [0.1, 0.15) is 10.8 Å². The molecule has 0 radical (unpaired) electrons. The normalized spacial score (nSPS) is 13.3. The lowest BCUT2D eigenvalue weighted by Crippen LogP contribution is -2.34. The average molecular weight is 513 g/mol. The summed E-state index contributed by atoms with van der Waals surface area (Å²) < 4.78 is 5.38. The molecule has 0 saturated heterocycles. The van der Waals surface area contributed by atoms with E-state index in [0.717, 1.165) is 41.0 Å². The fourth-order valence-corrected chi connectivity index (χ4v) is 6.10. The third kappa shape index (κ3) is 5.74. The van der Waals surface area contributed by atoms with Gasteiger partial charge in [0, 0.05) is 10.4 Å². The topological polar surface area (TPSA) is 88.4 Å². The third-order valence-electron chi connectivity index (χ3n) is 5.77. The smallest absolute Gasteiger partial charge is 0.341 e. The second kappa shape index (κ2) is 11.5. The number of phenolic OH excluding ortho intramolecular Hbond substituents is 1. The van der Waals surface area contributed by atoms with Crippen LogP contribution in [0.3, 0.4) is 0 Å². The number of anilines is 1. The third-order valence-corrected chi connectivity index (χ3v) is 8.06. The standard InChI is InChI=1S/C26H28N2O5S2/c1-3-32-26(31)24-19-10-5-7-12-22(19)35-25(24)28(15-18-9-4-6-11-20(18)29)23(30)16-33-27-17(2)21-13-8-14-34-21/h4,6,8-9,11,13-14,29H,3,5,7,10,12,15-16H2,1-2H3/b27-17-. The summed E-state index contributed by atoms with van der Waals surface area (Å²) >= 11 is 2.99. The van der Waals surface area contributed by atoms with Crippen molar-refractivity contribution in [3.05, 3.63) is 68.2 Å². The summed E-state index contributed by atoms with van der Waals surface area (Å²) in [4.78, 5) is 35.5. The molecule has 0 fully saturated rings. The molecule has 0 aliphatic heterocycles. The highest BCUT2D eigenvalue weighted by atomic mass is 32.1. The molecule has 184 valence electrons. The number of thiophene rings is 2. The molecule has 0 saturated carbocycles. The van der Waals surface area contributed by atoms with Gasteiger partial charge in [0.05, 0.1) is 29.3 Å². The van der Waals surface area contributed by atoms with Crippen molar-refractivity contribution in [2.24, 2.45) is 5.16 Å². The van der Waals surface area contributed by atoms with Crippen LogP contribution in [0.15, 0.2) is 46.9 Å². The van der Waals surface area contributed by atoms with Crippen LogP contribution >= 0.6 is 22.7 Å². The molecule has 35 heavy (non-hydrogen) atoms. The van der Waals surface area contributed by atoms with E-state index in [1.54, 1.807) is 31.2 Å². The molecular weight excluding hydrogens is 484 g/mol. The molecule has 4 rings (SSSR count). The summed E-state index contributed by atoms with van der Waals surface area (Å²) in [6.45, 7) is 3.62. The van der Waals surface area contributed by atoms with E-state index in [2.05, 4.69) is 5.16 Å². The number of benzene rings is 1. The highest BCUT2D eigenvalue weighted by molar-refractivity contribution is 7.17. The Hall–Kier alpha value is -3.17. The van der Waals surface area contributed by atoms with Crippen molar-refractivity contribution in [2.75, 3.05) is 18.1 Å². The number of aryl methyl sites for hydroxylation is 1. The quantitative estimate of drug-likeness (QED) is 0.231. The number of hydrogen-bond acceptors (Lipinski definition) is 8. The van der Waals surface area contributed by atoms with E-state index in [1.165, 1.54) is 27.6 Å². The number of para-hydroxylation sites is 1. The van der Waals surface area contributed by atoms with E-state index >= 15 is 0 Å². The molecule has 0 spiro atoms. The fourth-order valence-electron chi connectivity index (χ4n) is 4.04. The van der Waals surface area contributed by atoms with Gasteiger partial charge in [-0.1, -0.05) is 29.4 Å². The molecule has 0 atom stereocenters. The number of ether oxygens (including phenoxy) is 1. The SMILES string of the molecule is CCOC(=O)c1c(N(Cc2ccccc2O)C(=O)CO/N=C(/C)c2cccs2)sc2c1CCCC2. The number of rotatable bonds is 9. The van der Waals surface area contributed by atoms with Gasteiger partial charge in [-0.25, -0.2) is 4.79 Å². The number of esters is 1. The van der Waals surface area contributed by atoms with Gasteiger partial charge in [-0.2, -0.15) is 0 Å². The van der Waals surface area contributed by atoms with Crippen molar-refractivity contribution in [3.8, 4) is 5.75 Å². The van der Waals surface area contributed by atoms with Crippen molar-refractivity contribution >= 4 is 45.3 Å². The first kappa shape index (κ1) is 24.9. The minimum atomic E-state index is -0.426. The van der Waals surface area contributed by atoms with Crippen LogP contribution < -0.4 is 4.90 Å². The molecule has 1 aliphatic rings. The molecule has 1 aromatic carbocycles. The summed E-state index contributed by atoms with van der Waals surface area (Å²) in [7, 11) is 0. The van der Waals surface area contributed by atoms with Gasteiger partial charge < -0.3 is 14.7 Å². The molecule has 3 aromatic rings. The number of nitrogens with zero attached hydrogens (tertiary/aromatic N) is 2. The van der Waals surface area contributed by atoms with E-state index in [4.69, 9.17) is 9.57 Å². The number of hydrogen-bond donors (Lipinski definition) is 1. The van der Waals surface area contributed by atoms with Gasteiger partial charge in [-0.15, -0.1) is 22.7 Å². The average Bonchev–Trinajstić information content (AvgIpc) is 3.52. The highest BCUT2D eigenvalue weighted by Crippen LogP contribution is 2.41. The number of amides is 1. The summed E-state index contributed by atoms with van der Waals surface area (Å²) in [5.41, 5.74) is 2.67. The predicted octanol–water partition coefficient (Wildman–Crippen LogP) is 5.54. The minimum absolute atomic E-state index is 0.0804. The molecule has 2 heterocycles. The molecule has 0 unspecified atom stereocenters. The Bertz CT molecular complexity index is 1220. The fraction of sp³-hybridized carbons (Fsp3) is 0.346. The van der Waals surface area contributed by atoms with Crippen LogP contribution in [0, 0.1) is 0 Å². The molecule has 0 bridgehead atoms. The maximum absolute atomic E-state index is 13.5. The lowest BCUT2D eigenvalue weighted by atomic mass is 9.95. The Balaban J connectivity index is 1.67. The summed E-state index contributed by atoms with van der Waals surface area (Å²) in [6.07, 6.45) is 3.68. The van der Waals surface area contributed by atoms with Gasteiger partial charge in [-0.05, 0) is 62.6 Å². The number of oxime groups is 1. The summed E-state index contributed by atoms with van der Waals surface area (Å²) in [6, 6.07) is 10.7. The van der Waals surface area contributed by atoms with Crippen LogP contribution in [0.25, 0.3) is 0 Å². The van der Waals surface area contributed by atoms with Crippen molar-refractivity contribution in [2.45, 2.75) is 46.1 Å². The maximum atomic E-state index is 13.5. The first-order valence-electron chi connectivity index (χ1n) is 11.6. The molecule has 7 nitrogen and oxygen atoms in total. The Morgan fingerprint density at radius 3 is 2.69 bits per heavy atom. The summed E-state index contributed by atoms with van der Waals surface area (Å²) in [5.74, 6) is -0.707. The minimum Gasteiger partial charge on any atom is -0.508 e. The molecule has 2 aromatic heterocycles. The monoisotopic (exact) mass is 512 g/mol. The molecular formula is C26H28N2O5S2. The Kier molecular flexibility index (Phi) is 8.20. The van der Waals surface area contributed by atoms with Gasteiger partial charge in [0.2, 0.25) is 0 Å². The van der Waals surface area contributed by atoms with Crippen LogP contribution in [-0.4, -0.2) is 35.9 Å². The van der Waals surface area contributed by atoms with E-state index < -0.39 is 5.97 Å². The first-order chi connectivity index (χ1) is 17.0. The lowest BCUT2D eigenvalue weighted by Gasteiger charge is -2.23. The molecule has 1 aliphatic carbocycles. The van der Waals surface area contributed by atoms with Crippen LogP contribution in [0.5, 0.6) is 5.75 Å². The van der Waals surface area contributed by atoms with Crippen LogP contribution in [-0.2, 0) is 33.8 Å². The van der Waals surface area contributed by atoms with E-state index in [0.29, 0.717) is 21.8 Å². The van der Waals surface area contributed by atoms with Crippen LogP contribution in [0.4, 0.5) is 5.00 Å².